The minimum absolute atomic E-state index is 0.224. The van der Waals surface area contributed by atoms with Crippen LogP contribution in [0.4, 0.5) is 0 Å². The molecule has 25 heavy (non-hydrogen) atoms. The van der Waals surface area contributed by atoms with Crippen LogP contribution in [-0.2, 0) is 6.54 Å². The fraction of sp³-hybridized carbons (Fsp3) is 0.545. The number of benzene rings is 1. The first kappa shape index (κ1) is 19.6. The third kappa shape index (κ3) is 7.35. The molecule has 0 bridgehead atoms. The van der Waals surface area contributed by atoms with Gasteiger partial charge in [0.25, 0.3) is 0 Å². The maximum Gasteiger partial charge on any atom is 0.119 e. The number of hydrogen-bond donors (Lipinski definition) is 1. The largest absolute Gasteiger partial charge is 0.491 e. The Morgan fingerprint density at radius 2 is 1.72 bits per heavy atom. The fourth-order valence-corrected chi connectivity index (χ4v) is 3.05. The summed E-state index contributed by atoms with van der Waals surface area (Å²) in [5, 5.41) is 2.39. The molecule has 0 aliphatic rings. The first-order valence-electron chi connectivity index (χ1n) is 9.65. The van der Waals surface area contributed by atoms with Gasteiger partial charge in [-0.2, -0.15) is 0 Å². The van der Waals surface area contributed by atoms with Gasteiger partial charge in [-0.1, -0.05) is 20.3 Å². The molecule has 0 aliphatic heterocycles. The summed E-state index contributed by atoms with van der Waals surface area (Å²) in [4.78, 5) is 0. The first-order valence-corrected chi connectivity index (χ1v) is 9.65. The van der Waals surface area contributed by atoms with Crippen molar-refractivity contribution in [2.45, 2.75) is 65.5 Å². The van der Waals surface area contributed by atoms with Crippen molar-refractivity contribution in [1.29, 1.82) is 0 Å². The number of nitrogens with two attached hydrogens (primary N) is 1. The highest BCUT2D eigenvalue weighted by Gasteiger charge is 2.15. The van der Waals surface area contributed by atoms with Crippen LogP contribution in [0.5, 0.6) is 5.75 Å². The van der Waals surface area contributed by atoms with Gasteiger partial charge in [-0.3, -0.25) is 0 Å². The number of rotatable bonds is 11. The normalized spacial score (nSPS) is 12.7. The summed E-state index contributed by atoms with van der Waals surface area (Å²) in [7, 11) is 0. The van der Waals surface area contributed by atoms with Crippen molar-refractivity contribution in [2.75, 3.05) is 6.54 Å². The SMILES string of the molecule is CC(C)CC[C@H](CC[NH2+]Cc1ccc(OC(C)C)cc1)c1ccco1. The molecule has 1 heterocycles. The van der Waals surface area contributed by atoms with Gasteiger partial charge >= 0.3 is 0 Å². The molecule has 3 nitrogen and oxygen atoms in total. The van der Waals surface area contributed by atoms with Gasteiger partial charge in [-0.25, -0.2) is 0 Å². The van der Waals surface area contributed by atoms with E-state index in [1.165, 1.54) is 18.4 Å². The standard InChI is InChI=1S/C22H33NO2/c1-17(2)7-10-20(22-6-5-15-24-22)13-14-23-16-19-8-11-21(12-9-19)25-18(3)4/h5-6,8-9,11-12,15,17-18,20,23H,7,10,13-14,16H2,1-4H3/p+1/t20-/m1/s1. The van der Waals surface area contributed by atoms with Crippen LogP contribution < -0.4 is 10.1 Å². The molecule has 1 atom stereocenters. The van der Waals surface area contributed by atoms with E-state index in [1.807, 2.05) is 6.07 Å². The van der Waals surface area contributed by atoms with E-state index in [0.29, 0.717) is 5.92 Å². The second kappa shape index (κ2) is 10.3. The summed E-state index contributed by atoms with van der Waals surface area (Å²) in [5.41, 5.74) is 1.34. The van der Waals surface area contributed by atoms with E-state index in [9.17, 15) is 0 Å². The van der Waals surface area contributed by atoms with E-state index in [0.717, 1.165) is 36.9 Å². The van der Waals surface area contributed by atoms with E-state index in [1.54, 1.807) is 6.26 Å². The lowest BCUT2D eigenvalue weighted by Gasteiger charge is -2.15. The molecule has 1 aromatic heterocycles. The van der Waals surface area contributed by atoms with Crippen molar-refractivity contribution in [1.82, 2.24) is 0 Å². The predicted molar refractivity (Wildman–Crippen MR) is 103 cm³/mol. The molecule has 0 fully saturated rings. The highest BCUT2D eigenvalue weighted by Crippen LogP contribution is 2.26. The van der Waals surface area contributed by atoms with E-state index in [4.69, 9.17) is 9.15 Å². The van der Waals surface area contributed by atoms with Crippen LogP contribution in [0.3, 0.4) is 0 Å². The minimum atomic E-state index is 0.224. The summed E-state index contributed by atoms with van der Waals surface area (Å²) in [6.07, 6.45) is 5.64. The molecule has 0 spiro atoms. The molecule has 1 aromatic carbocycles. The zero-order valence-electron chi connectivity index (χ0n) is 16.2. The lowest BCUT2D eigenvalue weighted by molar-refractivity contribution is -0.671. The molecule has 2 N–H and O–H groups in total. The summed E-state index contributed by atoms with van der Waals surface area (Å²) in [5.74, 6) is 3.37. The van der Waals surface area contributed by atoms with Gasteiger partial charge in [-0.15, -0.1) is 0 Å². The zero-order chi connectivity index (χ0) is 18.1. The highest BCUT2D eigenvalue weighted by atomic mass is 16.5. The van der Waals surface area contributed by atoms with Crippen molar-refractivity contribution < 1.29 is 14.5 Å². The van der Waals surface area contributed by atoms with Crippen LogP contribution in [-0.4, -0.2) is 12.6 Å². The Morgan fingerprint density at radius 1 is 0.960 bits per heavy atom. The van der Waals surface area contributed by atoms with Crippen LogP contribution in [0, 0.1) is 5.92 Å². The molecular weight excluding hydrogens is 310 g/mol. The lowest BCUT2D eigenvalue weighted by atomic mass is 9.93. The maximum absolute atomic E-state index is 5.69. The Hall–Kier alpha value is -1.74. The first-order chi connectivity index (χ1) is 12.0. The summed E-state index contributed by atoms with van der Waals surface area (Å²) >= 11 is 0. The van der Waals surface area contributed by atoms with Crippen LogP contribution in [0.25, 0.3) is 0 Å². The Balaban J connectivity index is 1.75. The Morgan fingerprint density at radius 3 is 2.32 bits per heavy atom. The number of furan rings is 1. The van der Waals surface area contributed by atoms with Crippen molar-refractivity contribution in [3.63, 3.8) is 0 Å². The fourth-order valence-electron chi connectivity index (χ4n) is 3.05. The highest BCUT2D eigenvalue weighted by molar-refractivity contribution is 5.26. The monoisotopic (exact) mass is 344 g/mol. The van der Waals surface area contributed by atoms with Crippen molar-refractivity contribution in [3.05, 3.63) is 54.0 Å². The van der Waals surface area contributed by atoms with Crippen molar-refractivity contribution in [3.8, 4) is 5.75 Å². The molecule has 2 aromatic rings. The molecule has 0 aliphatic carbocycles. The number of ether oxygens (including phenoxy) is 1. The number of quaternary nitrogens is 1. The molecule has 0 saturated heterocycles. The van der Waals surface area contributed by atoms with Gasteiger partial charge in [0.2, 0.25) is 0 Å². The number of hydrogen-bond acceptors (Lipinski definition) is 2. The molecule has 138 valence electrons. The smallest absolute Gasteiger partial charge is 0.119 e. The van der Waals surface area contributed by atoms with Crippen molar-refractivity contribution in [2.24, 2.45) is 5.92 Å². The average Bonchev–Trinajstić information content (AvgIpc) is 3.09. The Bertz CT molecular complexity index is 573. The molecule has 3 heteroatoms. The minimum Gasteiger partial charge on any atom is -0.491 e. The lowest BCUT2D eigenvalue weighted by Crippen LogP contribution is -2.82. The quantitative estimate of drug-likeness (QED) is 0.598. The van der Waals surface area contributed by atoms with Gasteiger partial charge in [0.15, 0.2) is 0 Å². The van der Waals surface area contributed by atoms with Crippen LogP contribution in [0.2, 0.25) is 0 Å². The Kier molecular flexibility index (Phi) is 8.07. The summed E-state index contributed by atoms with van der Waals surface area (Å²) < 4.78 is 11.4. The second-order valence-corrected chi connectivity index (χ2v) is 7.56. The Labute approximate surface area is 152 Å². The molecular formula is C22H34NO2+. The zero-order valence-corrected chi connectivity index (χ0v) is 16.2. The van der Waals surface area contributed by atoms with Crippen LogP contribution in [0.1, 0.15) is 64.2 Å². The van der Waals surface area contributed by atoms with Gasteiger partial charge in [0.1, 0.15) is 18.1 Å². The molecule has 0 unspecified atom stereocenters. The molecule has 0 radical (unpaired) electrons. The molecule has 0 amide bonds. The predicted octanol–water partition coefficient (Wildman–Crippen LogP) is 4.74. The maximum atomic E-state index is 5.69. The summed E-state index contributed by atoms with van der Waals surface area (Å²) in [6, 6.07) is 12.6. The van der Waals surface area contributed by atoms with Crippen LogP contribution >= 0.6 is 0 Å². The van der Waals surface area contributed by atoms with Gasteiger partial charge in [-0.05, 0) is 62.6 Å². The van der Waals surface area contributed by atoms with Gasteiger partial charge in [0.05, 0.1) is 18.9 Å². The van der Waals surface area contributed by atoms with Gasteiger partial charge in [0, 0.05) is 17.9 Å². The van der Waals surface area contributed by atoms with E-state index < -0.39 is 0 Å². The van der Waals surface area contributed by atoms with E-state index >= 15 is 0 Å². The average molecular weight is 345 g/mol. The molecule has 2 rings (SSSR count). The summed E-state index contributed by atoms with van der Waals surface area (Å²) in [6.45, 7) is 10.8. The second-order valence-electron chi connectivity index (χ2n) is 7.56. The molecule has 0 saturated carbocycles. The van der Waals surface area contributed by atoms with Gasteiger partial charge < -0.3 is 14.5 Å². The van der Waals surface area contributed by atoms with E-state index in [2.05, 4.69) is 63.3 Å². The third-order valence-corrected chi connectivity index (χ3v) is 4.43. The topological polar surface area (TPSA) is 39.0 Å². The third-order valence-electron chi connectivity index (χ3n) is 4.43. The van der Waals surface area contributed by atoms with E-state index in [-0.39, 0.29) is 6.10 Å². The van der Waals surface area contributed by atoms with Crippen molar-refractivity contribution >= 4 is 0 Å². The van der Waals surface area contributed by atoms with Crippen LogP contribution in [0.15, 0.2) is 47.1 Å².